The standard InChI is InChI=1S/C56H62N8O6/c1-41(12-11-19-50(66)59(34-35-65)37-42-13-5-2-6-14-42)56(70)48-36-47(62-40-64(46-17-9-4-10-18-46)55(52(62)68)28-32-58-33-29-55)24-25-49(48)60(53(56)69)38-43-20-22-44(23-21-43)61-39-63(45-15-7-3-8-16-45)54(51(61)67)26-30-57-31-27-54/h2-18,20-25,36,41,57-58,65,70H,19,26-35,37-40H2,1H3/b12-11+/t41-,56+/m1/s1. The molecule has 0 aliphatic carbocycles. The van der Waals surface area contributed by atoms with Crippen molar-refractivity contribution in [3.05, 3.63) is 162 Å². The predicted molar refractivity (Wildman–Crippen MR) is 272 cm³/mol. The molecule has 0 saturated carbocycles. The van der Waals surface area contributed by atoms with E-state index in [1.165, 1.54) is 0 Å². The normalized spacial score (nSPS) is 21.1. The number of amides is 4. The van der Waals surface area contributed by atoms with Crippen LogP contribution in [-0.4, -0.2) is 102 Å². The van der Waals surface area contributed by atoms with Crippen LogP contribution in [0.3, 0.4) is 0 Å². The number of nitrogens with zero attached hydrogens (tertiary/aromatic N) is 6. The number of hydrogen-bond acceptors (Lipinski definition) is 10. The minimum atomic E-state index is -2.06. The maximum absolute atomic E-state index is 15.0. The number of hydrogen-bond donors (Lipinski definition) is 4. The highest BCUT2D eigenvalue weighted by atomic mass is 16.3. The van der Waals surface area contributed by atoms with Gasteiger partial charge in [-0.1, -0.05) is 97.9 Å². The molecule has 14 heteroatoms. The molecule has 4 fully saturated rings. The summed E-state index contributed by atoms with van der Waals surface area (Å²) in [4.78, 5) is 69.1. The summed E-state index contributed by atoms with van der Waals surface area (Å²) in [5.74, 6) is -1.46. The zero-order chi connectivity index (χ0) is 48.5. The van der Waals surface area contributed by atoms with Crippen molar-refractivity contribution in [2.45, 2.75) is 68.8 Å². The molecule has 5 aromatic carbocycles. The fraction of sp³-hybridized carbons (Fsp3) is 0.357. The Morgan fingerprint density at radius 1 is 0.657 bits per heavy atom. The number of carbonyl (C=O) groups excluding carboxylic acids is 4. The molecule has 70 heavy (non-hydrogen) atoms. The van der Waals surface area contributed by atoms with Crippen molar-refractivity contribution in [3.63, 3.8) is 0 Å². The average molecular weight is 943 g/mol. The summed E-state index contributed by atoms with van der Waals surface area (Å²) in [7, 11) is 0. The van der Waals surface area contributed by atoms with Crippen LogP contribution < -0.4 is 35.1 Å². The summed E-state index contributed by atoms with van der Waals surface area (Å²) < 4.78 is 0. The Morgan fingerprint density at radius 2 is 1.17 bits per heavy atom. The predicted octanol–water partition coefficient (Wildman–Crippen LogP) is 5.89. The molecule has 4 N–H and O–H groups in total. The number of piperidine rings is 2. The first-order valence-corrected chi connectivity index (χ1v) is 24.7. The maximum atomic E-state index is 15.0. The van der Waals surface area contributed by atoms with Gasteiger partial charge in [-0.2, -0.15) is 0 Å². The zero-order valence-electron chi connectivity index (χ0n) is 39.8. The fourth-order valence-electron chi connectivity index (χ4n) is 11.4. The van der Waals surface area contributed by atoms with Gasteiger partial charge in [0.15, 0.2) is 5.60 Å². The highest BCUT2D eigenvalue weighted by Crippen LogP contribution is 2.49. The van der Waals surface area contributed by atoms with Gasteiger partial charge in [0.1, 0.15) is 11.1 Å². The van der Waals surface area contributed by atoms with Gasteiger partial charge in [-0.25, -0.2) is 0 Å². The van der Waals surface area contributed by atoms with Gasteiger partial charge in [0.05, 0.1) is 32.2 Å². The van der Waals surface area contributed by atoms with E-state index >= 15 is 4.79 Å². The number of benzene rings is 5. The van der Waals surface area contributed by atoms with Crippen LogP contribution in [0.2, 0.25) is 0 Å². The highest BCUT2D eigenvalue weighted by Gasteiger charge is 2.56. The van der Waals surface area contributed by atoms with Crippen molar-refractivity contribution < 1.29 is 29.4 Å². The Bertz CT molecular complexity index is 2730. The molecule has 5 heterocycles. The highest BCUT2D eigenvalue weighted by molar-refractivity contribution is 6.10. The molecule has 4 saturated heterocycles. The Morgan fingerprint density at radius 3 is 1.71 bits per heavy atom. The minimum absolute atomic E-state index is 0.000415. The summed E-state index contributed by atoms with van der Waals surface area (Å²) in [5, 5.41) is 29.6. The lowest BCUT2D eigenvalue weighted by molar-refractivity contribution is -0.139. The fourth-order valence-corrected chi connectivity index (χ4v) is 11.4. The molecule has 0 bridgehead atoms. The second-order valence-electron chi connectivity index (χ2n) is 19.3. The number of aliphatic hydroxyl groups excluding tert-OH is 1. The van der Waals surface area contributed by atoms with E-state index in [2.05, 4.69) is 32.6 Å². The Labute approximate surface area is 409 Å². The lowest BCUT2D eigenvalue weighted by atomic mass is 9.82. The zero-order valence-corrected chi connectivity index (χ0v) is 39.8. The average Bonchev–Trinajstić information content (AvgIpc) is 3.92. The molecule has 14 nitrogen and oxygen atoms in total. The number of aliphatic hydroxyl groups is 2. The number of anilines is 5. The Hall–Kier alpha value is -6.84. The molecule has 0 unspecified atom stereocenters. The molecule has 2 spiro atoms. The second kappa shape index (κ2) is 19.5. The number of para-hydroxylation sites is 2. The molecule has 2 atom stereocenters. The van der Waals surface area contributed by atoms with Crippen molar-refractivity contribution >= 4 is 52.1 Å². The first kappa shape index (κ1) is 46.9. The summed E-state index contributed by atoms with van der Waals surface area (Å²) in [6.45, 7) is 5.85. The second-order valence-corrected chi connectivity index (χ2v) is 19.3. The van der Waals surface area contributed by atoms with Gasteiger partial charge in [-0.05, 0) is 118 Å². The van der Waals surface area contributed by atoms with Crippen molar-refractivity contribution in [1.29, 1.82) is 0 Å². The molecule has 5 aliphatic rings. The third-order valence-electron chi connectivity index (χ3n) is 15.4. The van der Waals surface area contributed by atoms with Crippen LogP contribution in [0.4, 0.5) is 28.4 Å². The smallest absolute Gasteiger partial charge is 0.264 e. The van der Waals surface area contributed by atoms with Crippen LogP contribution in [0.15, 0.2) is 146 Å². The van der Waals surface area contributed by atoms with Gasteiger partial charge in [0.2, 0.25) is 5.91 Å². The third kappa shape index (κ3) is 8.31. The summed E-state index contributed by atoms with van der Waals surface area (Å²) in [6, 6.07) is 42.9. The van der Waals surface area contributed by atoms with Crippen LogP contribution in [0.1, 0.15) is 55.7 Å². The van der Waals surface area contributed by atoms with E-state index in [1.54, 1.807) is 39.8 Å². The minimum Gasteiger partial charge on any atom is -0.395 e. The summed E-state index contributed by atoms with van der Waals surface area (Å²) >= 11 is 0. The Balaban J connectivity index is 0.948. The third-order valence-corrected chi connectivity index (χ3v) is 15.4. The van der Waals surface area contributed by atoms with E-state index in [1.807, 2.05) is 120 Å². The van der Waals surface area contributed by atoms with Crippen LogP contribution in [0.5, 0.6) is 0 Å². The number of rotatable bonds is 14. The van der Waals surface area contributed by atoms with Crippen LogP contribution >= 0.6 is 0 Å². The first-order chi connectivity index (χ1) is 34.1. The molecular formula is C56H62N8O6. The molecule has 362 valence electrons. The first-order valence-electron chi connectivity index (χ1n) is 24.7. The summed E-state index contributed by atoms with van der Waals surface area (Å²) in [6.07, 6.45) is 6.07. The van der Waals surface area contributed by atoms with E-state index in [4.69, 9.17) is 0 Å². The monoisotopic (exact) mass is 942 g/mol. The molecule has 4 amide bonds. The van der Waals surface area contributed by atoms with Crippen molar-refractivity contribution in [3.8, 4) is 0 Å². The Kier molecular flexibility index (Phi) is 13.1. The molecule has 0 aromatic heterocycles. The lowest BCUT2D eigenvalue weighted by Crippen LogP contribution is -2.55. The van der Waals surface area contributed by atoms with E-state index in [0.29, 0.717) is 75.6 Å². The molecule has 5 aliphatic heterocycles. The quantitative estimate of drug-likeness (QED) is 0.0993. The molecule has 0 radical (unpaired) electrons. The van der Waals surface area contributed by atoms with E-state index in [-0.39, 0.29) is 43.8 Å². The van der Waals surface area contributed by atoms with E-state index in [9.17, 15) is 24.6 Å². The molecule has 10 rings (SSSR count). The summed E-state index contributed by atoms with van der Waals surface area (Å²) in [5.41, 5.74) is 2.49. The lowest BCUT2D eigenvalue weighted by Gasteiger charge is -2.39. The van der Waals surface area contributed by atoms with E-state index < -0.39 is 28.5 Å². The largest absolute Gasteiger partial charge is 0.395 e. The van der Waals surface area contributed by atoms with Crippen LogP contribution in [-0.2, 0) is 37.9 Å². The van der Waals surface area contributed by atoms with Crippen molar-refractivity contribution in [2.24, 2.45) is 5.92 Å². The number of nitrogens with one attached hydrogen (secondary N) is 2. The van der Waals surface area contributed by atoms with Crippen LogP contribution in [0.25, 0.3) is 0 Å². The van der Waals surface area contributed by atoms with Gasteiger partial charge in [0, 0.05) is 53.7 Å². The van der Waals surface area contributed by atoms with Gasteiger partial charge in [0.25, 0.3) is 17.7 Å². The van der Waals surface area contributed by atoms with Crippen LogP contribution in [0, 0.1) is 5.92 Å². The van der Waals surface area contributed by atoms with Crippen molar-refractivity contribution in [1.82, 2.24) is 15.5 Å². The maximum Gasteiger partial charge on any atom is 0.264 e. The van der Waals surface area contributed by atoms with Gasteiger partial charge < -0.3 is 40.4 Å². The molecule has 5 aromatic rings. The van der Waals surface area contributed by atoms with Gasteiger partial charge in [-0.3, -0.25) is 29.0 Å². The molecular weight excluding hydrogens is 881 g/mol. The number of fused-ring (bicyclic) bond motifs is 1. The number of carbonyl (C=O) groups is 4. The SMILES string of the molecule is C[C@H](/C=C/CC(=O)N(CCO)Cc1ccccc1)[C@@]1(O)C(=O)N(Cc2ccc(N3CN(c4ccccc4)C4(CCNCC4)C3=O)cc2)c2ccc(N3CN(c4ccccc4)C4(CCNCC4)C3=O)cc21. The van der Waals surface area contributed by atoms with E-state index in [0.717, 1.165) is 41.3 Å². The van der Waals surface area contributed by atoms with Gasteiger partial charge >= 0.3 is 0 Å². The van der Waals surface area contributed by atoms with Crippen molar-refractivity contribution in [2.75, 3.05) is 77.2 Å². The van der Waals surface area contributed by atoms with Gasteiger partial charge in [-0.15, -0.1) is 0 Å². The topological polar surface area (TPSA) is 152 Å².